The number of rotatable bonds is 3. The van der Waals surface area contributed by atoms with Gasteiger partial charge in [0, 0.05) is 19.7 Å². The summed E-state index contributed by atoms with van der Waals surface area (Å²) in [6.07, 6.45) is 3.40. The van der Waals surface area contributed by atoms with Crippen molar-refractivity contribution in [3.05, 3.63) is 47.5 Å². The lowest BCUT2D eigenvalue weighted by atomic mass is 9.92. The summed E-state index contributed by atoms with van der Waals surface area (Å²) in [7, 11) is 1.60. The third-order valence-electron chi connectivity index (χ3n) is 3.46. The Kier molecular flexibility index (Phi) is 2.89. The van der Waals surface area contributed by atoms with Crippen LogP contribution in [-0.4, -0.2) is 30.8 Å². The number of nitrogens with zero attached hydrogens (tertiary/aromatic N) is 1. The van der Waals surface area contributed by atoms with Crippen LogP contribution < -0.4 is 0 Å². The van der Waals surface area contributed by atoms with Gasteiger partial charge in [-0.3, -0.25) is 4.79 Å². The van der Waals surface area contributed by atoms with E-state index in [0.717, 1.165) is 11.1 Å². The molecule has 2 heterocycles. The minimum atomic E-state index is -0.141. The fourth-order valence-electron chi connectivity index (χ4n) is 2.63. The first kappa shape index (κ1) is 11.4. The van der Waals surface area contributed by atoms with Crippen LogP contribution in [0.5, 0.6) is 0 Å². The zero-order valence-electron chi connectivity index (χ0n) is 10.2. The van der Waals surface area contributed by atoms with Gasteiger partial charge in [-0.15, -0.1) is 0 Å². The summed E-state index contributed by atoms with van der Waals surface area (Å²) in [5.74, 6) is 0.0560. The first-order chi connectivity index (χ1) is 8.81. The van der Waals surface area contributed by atoms with Gasteiger partial charge in [-0.25, -0.2) is 0 Å². The summed E-state index contributed by atoms with van der Waals surface area (Å²) < 4.78 is 10.7. The van der Waals surface area contributed by atoms with E-state index in [1.807, 2.05) is 29.2 Å². The molecule has 0 saturated carbocycles. The Balaban J connectivity index is 1.97. The minimum Gasteiger partial charge on any atom is -0.359 e. The summed E-state index contributed by atoms with van der Waals surface area (Å²) in [6, 6.07) is 8.07. The van der Waals surface area contributed by atoms with Crippen LogP contribution in [0, 0.1) is 0 Å². The van der Waals surface area contributed by atoms with Gasteiger partial charge < -0.3 is 14.4 Å². The molecule has 0 spiro atoms. The molecule has 3 rings (SSSR count). The second kappa shape index (κ2) is 4.55. The lowest BCUT2D eigenvalue weighted by Gasteiger charge is -2.37. The van der Waals surface area contributed by atoms with Crippen molar-refractivity contribution in [1.29, 1.82) is 0 Å². The van der Waals surface area contributed by atoms with Crippen LogP contribution in [0.25, 0.3) is 0 Å². The van der Waals surface area contributed by atoms with E-state index >= 15 is 0 Å². The van der Waals surface area contributed by atoms with Gasteiger partial charge in [0.15, 0.2) is 0 Å². The molecule has 0 unspecified atom stereocenters. The highest BCUT2D eigenvalue weighted by Gasteiger charge is 2.39. The Labute approximate surface area is 106 Å². The average molecular weight is 245 g/mol. The lowest BCUT2D eigenvalue weighted by molar-refractivity contribution is -0.135. The highest BCUT2D eigenvalue weighted by molar-refractivity contribution is 5.91. The second-order valence-electron chi connectivity index (χ2n) is 4.51. The van der Waals surface area contributed by atoms with Gasteiger partial charge in [0.2, 0.25) is 5.91 Å². The molecule has 1 amide bonds. The molecule has 0 fully saturated rings. The molecular formula is C14H15NO3. The van der Waals surface area contributed by atoms with Crippen LogP contribution >= 0.6 is 0 Å². The number of fused-ring (bicyclic) bond motifs is 2. The van der Waals surface area contributed by atoms with Gasteiger partial charge >= 0.3 is 0 Å². The topological polar surface area (TPSA) is 38.8 Å². The van der Waals surface area contributed by atoms with Crippen molar-refractivity contribution >= 4 is 5.91 Å². The number of benzene rings is 1. The van der Waals surface area contributed by atoms with E-state index in [4.69, 9.17) is 9.47 Å². The van der Waals surface area contributed by atoms with E-state index in [-0.39, 0.29) is 24.8 Å². The van der Waals surface area contributed by atoms with Crippen molar-refractivity contribution in [3.8, 4) is 0 Å². The first-order valence-corrected chi connectivity index (χ1v) is 5.98. The van der Waals surface area contributed by atoms with Crippen molar-refractivity contribution in [2.24, 2.45) is 0 Å². The Morgan fingerprint density at radius 2 is 2.22 bits per heavy atom. The molecule has 0 radical (unpaired) electrons. The Morgan fingerprint density at radius 3 is 3.06 bits per heavy atom. The van der Waals surface area contributed by atoms with E-state index in [1.54, 1.807) is 13.2 Å². The molecule has 4 heteroatoms. The SMILES string of the molecule is COCO[C@@H]1c2ccccc2CN2C(=O)C=C[C@@H]12. The van der Waals surface area contributed by atoms with Gasteiger partial charge in [-0.2, -0.15) is 0 Å². The molecule has 18 heavy (non-hydrogen) atoms. The molecule has 0 aliphatic carbocycles. The Morgan fingerprint density at radius 1 is 1.39 bits per heavy atom. The number of carbonyl (C=O) groups is 1. The van der Waals surface area contributed by atoms with E-state index in [9.17, 15) is 4.79 Å². The number of hydrogen-bond acceptors (Lipinski definition) is 3. The molecule has 0 N–H and O–H groups in total. The Bertz CT molecular complexity index is 498. The third kappa shape index (κ3) is 1.74. The van der Waals surface area contributed by atoms with Gasteiger partial charge in [-0.05, 0) is 11.1 Å². The zero-order valence-corrected chi connectivity index (χ0v) is 10.2. The summed E-state index contributed by atoms with van der Waals surface area (Å²) >= 11 is 0. The minimum absolute atomic E-state index is 0.0115. The van der Waals surface area contributed by atoms with E-state index in [2.05, 4.69) is 6.07 Å². The molecule has 0 aromatic heterocycles. The molecular weight excluding hydrogens is 230 g/mol. The predicted molar refractivity (Wildman–Crippen MR) is 65.6 cm³/mol. The average Bonchev–Trinajstić information content (AvgIpc) is 2.76. The smallest absolute Gasteiger partial charge is 0.247 e. The molecule has 2 aliphatic rings. The summed E-state index contributed by atoms with van der Waals surface area (Å²) in [6.45, 7) is 0.880. The molecule has 4 nitrogen and oxygen atoms in total. The zero-order chi connectivity index (χ0) is 12.5. The number of carbonyl (C=O) groups excluding carboxylic acids is 1. The van der Waals surface area contributed by atoms with Crippen LogP contribution in [0.1, 0.15) is 17.2 Å². The van der Waals surface area contributed by atoms with Crippen LogP contribution in [0.3, 0.4) is 0 Å². The Hall–Kier alpha value is -1.65. The van der Waals surface area contributed by atoms with Crippen LogP contribution in [0.15, 0.2) is 36.4 Å². The van der Waals surface area contributed by atoms with Crippen molar-refractivity contribution in [2.45, 2.75) is 18.7 Å². The molecule has 2 atom stereocenters. The van der Waals surface area contributed by atoms with Crippen molar-refractivity contribution in [1.82, 2.24) is 4.90 Å². The van der Waals surface area contributed by atoms with Gasteiger partial charge in [0.25, 0.3) is 0 Å². The van der Waals surface area contributed by atoms with Crippen molar-refractivity contribution < 1.29 is 14.3 Å². The predicted octanol–water partition coefficient (Wildman–Crippen LogP) is 1.63. The van der Waals surface area contributed by atoms with Gasteiger partial charge in [0.05, 0.1) is 6.04 Å². The fraction of sp³-hybridized carbons (Fsp3) is 0.357. The molecule has 0 saturated heterocycles. The molecule has 2 aliphatic heterocycles. The van der Waals surface area contributed by atoms with E-state index in [1.165, 1.54) is 0 Å². The maximum atomic E-state index is 11.8. The normalized spacial score (nSPS) is 25.2. The van der Waals surface area contributed by atoms with Crippen molar-refractivity contribution in [2.75, 3.05) is 13.9 Å². The molecule has 1 aromatic rings. The lowest BCUT2D eigenvalue weighted by Crippen LogP contribution is -2.42. The standard InChI is InChI=1S/C14H15NO3/c1-17-9-18-14-11-5-3-2-4-10(11)8-15-12(14)6-7-13(15)16/h2-7,12,14H,8-9H2,1H3/t12-,14+/m0/s1. The monoisotopic (exact) mass is 245 g/mol. The summed E-state index contributed by atoms with van der Waals surface area (Å²) in [5.41, 5.74) is 2.29. The molecule has 0 bridgehead atoms. The van der Waals surface area contributed by atoms with E-state index in [0.29, 0.717) is 6.54 Å². The van der Waals surface area contributed by atoms with Gasteiger partial charge in [-0.1, -0.05) is 30.3 Å². The summed E-state index contributed by atoms with van der Waals surface area (Å²) in [5, 5.41) is 0. The molecule has 94 valence electrons. The second-order valence-corrected chi connectivity index (χ2v) is 4.51. The first-order valence-electron chi connectivity index (χ1n) is 5.98. The van der Waals surface area contributed by atoms with Crippen LogP contribution in [0.2, 0.25) is 0 Å². The van der Waals surface area contributed by atoms with Crippen molar-refractivity contribution in [3.63, 3.8) is 0 Å². The summed E-state index contributed by atoms with van der Waals surface area (Å²) in [4.78, 5) is 13.6. The largest absolute Gasteiger partial charge is 0.359 e. The van der Waals surface area contributed by atoms with Crippen LogP contribution in [-0.2, 0) is 20.8 Å². The fourth-order valence-corrected chi connectivity index (χ4v) is 2.63. The number of methoxy groups -OCH3 is 1. The van der Waals surface area contributed by atoms with Crippen LogP contribution in [0.4, 0.5) is 0 Å². The highest BCUT2D eigenvalue weighted by atomic mass is 16.7. The molecule has 1 aromatic carbocycles. The number of amides is 1. The maximum Gasteiger partial charge on any atom is 0.247 e. The number of hydrogen-bond donors (Lipinski definition) is 0. The quantitative estimate of drug-likeness (QED) is 0.760. The highest BCUT2D eigenvalue weighted by Crippen LogP contribution is 2.37. The third-order valence-corrected chi connectivity index (χ3v) is 3.46. The maximum absolute atomic E-state index is 11.8. The van der Waals surface area contributed by atoms with Gasteiger partial charge in [0.1, 0.15) is 12.9 Å². The number of ether oxygens (including phenoxy) is 2. The van der Waals surface area contributed by atoms with E-state index < -0.39 is 0 Å².